The van der Waals surface area contributed by atoms with E-state index in [0.29, 0.717) is 19.3 Å². The van der Waals surface area contributed by atoms with E-state index in [4.69, 9.17) is 5.11 Å². The van der Waals surface area contributed by atoms with Gasteiger partial charge in [0.15, 0.2) is 9.84 Å². The lowest BCUT2D eigenvalue weighted by Crippen LogP contribution is -2.43. The van der Waals surface area contributed by atoms with Crippen molar-refractivity contribution in [2.24, 2.45) is 11.8 Å². The molecule has 106 valence electrons. The first-order chi connectivity index (χ1) is 8.89. The van der Waals surface area contributed by atoms with Crippen LogP contribution in [0.15, 0.2) is 12.2 Å². The molecule has 0 unspecified atom stereocenters. The largest absolute Gasteiger partial charge is 0.481 e. The van der Waals surface area contributed by atoms with Gasteiger partial charge in [-0.05, 0) is 19.3 Å². The van der Waals surface area contributed by atoms with Crippen molar-refractivity contribution in [2.45, 2.75) is 25.3 Å². The van der Waals surface area contributed by atoms with E-state index in [9.17, 15) is 18.0 Å². The summed E-state index contributed by atoms with van der Waals surface area (Å²) in [5, 5.41) is 11.8. The van der Waals surface area contributed by atoms with Gasteiger partial charge in [0.25, 0.3) is 0 Å². The lowest BCUT2D eigenvalue weighted by Gasteiger charge is -2.25. The fourth-order valence-corrected chi connectivity index (χ4v) is 4.27. The molecule has 0 bridgehead atoms. The maximum Gasteiger partial charge on any atom is 0.307 e. The molecule has 0 aromatic carbocycles. The molecule has 2 N–H and O–H groups in total. The fourth-order valence-electron chi connectivity index (χ4n) is 2.59. The summed E-state index contributed by atoms with van der Waals surface area (Å²) in [6.07, 6.45) is 4.71. The zero-order valence-electron chi connectivity index (χ0n) is 10.4. The normalized spacial score (nSPS) is 32.9. The summed E-state index contributed by atoms with van der Waals surface area (Å²) in [5.74, 6) is -2.61. The molecule has 7 heteroatoms. The van der Waals surface area contributed by atoms with Gasteiger partial charge in [0.2, 0.25) is 5.91 Å². The predicted octanol–water partition coefficient (Wildman–Crippen LogP) is -0.0433. The van der Waals surface area contributed by atoms with Gasteiger partial charge >= 0.3 is 5.97 Å². The minimum absolute atomic E-state index is 0.0426. The second kappa shape index (κ2) is 5.32. The molecule has 0 aromatic heterocycles. The van der Waals surface area contributed by atoms with Crippen LogP contribution in [0.25, 0.3) is 0 Å². The van der Waals surface area contributed by atoms with Gasteiger partial charge in [-0.3, -0.25) is 9.59 Å². The van der Waals surface area contributed by atoms with Crippen LogP contribution in [-0.4, -0.2) is 42.9 Å². The van der Waals surface area contributed by atoms with Crippen LogP contribution in [0.4, 0.5) is 0 Å². The molecule has 1 fully saturated rings. The number of aliphatic carboxylic acids is 1. The van der Waals surface area contributed by atoms with Crippen molar-refractivity contribution in [3.63, 3.8) is 0 Å². The van der Waals surface area contributed by atoms with Crippen LogP contribution >= 0.6 is 0 Å². The van der Waals surface area contributed by atoms with E-state index in [1.807, 2.05) is 0 Å². The smallest absolute Gasteiger partial charge is 0.307 e. The zero-order chi connectivity index (χ0) is 14.0. The molecule has 1 amide bonds. The molecular formula is C12H17NO5S. The Morgan fingerprint density at radius 2 is 1.79 bits per heavy atom. The molecule has 1 heterocycles. The Kier molecular flexibility index (Phi) is 3.93. The molecule has 19 heavy (non-hydrogen) atoms. The van der Waals surface area contributed by atoms with Crippen molar-refractivity contribution in [1.82, 2.24) is 5.32 Å². The molecule has 0 aromatic rings. The summed E-state index contributed by atoms with van der Waals surface area (Å²) in [5.41, 5.74) is 0. The highest BCUT2D eigenvalue weighted by atomic mass is 32.2. The highest BCUT2D eigenvalue weighted by Gasteiger charge is 2.36. The van der Waals surface area contributed by atoms with Crippen LogP contribution in [0.5, 0.6) is 0 Å². The molecule has 1 aliphatic heterocycles. The van der Waals surface area contributed by atoms with Gasteiger partial charge in [-0.2, -0.15) is 0 Å². The Hall–Kier alpha value is -1.37. The van der Waals surface area contributed by atoms with Crippen LogP contribution < -0.4 is 5.32 Å². The second-order valence-corrected chi connectivity index (χ2v) is 7.33. The van der Waals surface area contributed by atoms with Crippen LogP contribution in [0.2, 0.25) is 0 Å². The molecule has 3 atom stereocenters. The maximum absolute atomic E-state index is 12.1. The van der Waals surface area contributed by atoms with E-state index in [1.165, 1.54) is 0 Å². The standard InChI is InChI=1S/C12H17NO5S/c14-11(13-8-5-6-19(17,18)7-8)9-3-1-2-4-10(9)12(15)16/h1-2,8-10H,3-7H2,(H,13,14)(H,15,16)/t8-,9-,10-/m1/s1. The average Bonchev–Trinajstić information content (AvgIpc) is 2.68. The lowest BCUT2D eigenvalue weighted by atomic mass is 9.82. The van der Waals surface area contributed by atoms with E-state index in [0.717, 1.165) is 0 Å². The Morgan fingerprint density at radius 1 is 1.16 bits per heavy atom. The molecule has 0 spiro atoms. The first kappa shape index (κ1) is 14.0. The average molecular weight is 287 g/mol. The number of amides is 1. The first-order valence-electron chi connectivity index (χ1n) is 6.27. The highest BCUT2D eigenvalue weighted by molar-refractivity contribution is 7.91. The van der Waals surface area contributed by atoms with Crippen molar-refractivity contribution >= 4 is 21.7 Å². The van der Waals surface area contributed by atoms with E-state index >= 15 is 0 Å². The van der Waals surface area contributed by atoms with Crippen molar-refractivity contribution in [2.75, 3.05) is 11.5 Å². The third-order valence-electron chi connectivity index (χ3n) is 3.67. The van der Waals surface area contributed by atoms with E-state index in [-0.39, 0.29) is 23.5 Å². The number of hydrogen-bond donors (Lipinski definition) is 2. The predicted molar refractivity (Wildman–Crippen MR) is 68.2 cm³/mol. The van der Waals surface area contributed by atoms with Crippen LogP contribution in [0, 0.1) is 11.8 Å². The first-order valence-corrected chi connectivity index (χ1v) is 8.10. The summed E-state index contributed by atoms with van der Waals surface area (Å²) >= 11 is 0. The molecule has 1 saturated heterocycles. The number of hydrogen-bond acceptors (Lipinski definition) is 4. The molecule has 0 saturated carbocycles. The third kappa shape index (κ3) is 3.34. The summed E-state index contributed by atoms with van der Waals surface area (Å²) in [6.45, 7) is 0. The number of rotatable bonds is 3. The van der Waals surface area contributed by atoms with Gasteiger partial charge in [0.05, 0.1) is 23.3 Å². The zero-order valence-corrected chi connectivity index (χ0v) is 11.2. The van der Waals surface area contributed by atoms with Gasteiger partial charge in [-0.15, -0.1) is 0 Å². The Balaban J connectivity index is 1.99. The molecule has 0 radical (unpaired) electrons. The lowest BCUT2D eigenvalue weighted by molar-refractivity contribution is -0.147. The van der Waals surface area contributed by atoms with E-state index < -0.39 is 27.6 Å². The number of carbonyl (C=O) groups is 2. The monoisotopic (exact) mass is 287 g/mol. The molecule has 1 aliphatic carbocycles. The van der Waals surface area contributed by atoms with E-state index in [2.05, 4.69) is 5.32 Å². The van der Waals surface area contributed by atoms with Gasteiger partial charge in [-0.25, -0.2) is 8.42 Å². The number of sulfone groups is 1. The summed E-state index contributed by atoms with van der Waals surface area (Å²) < 4.78 is 22.6. The second-order valence-electron chi connectivity index (χ2n) is 5.10. The number of carboxylic acid groups (broad SMARTS) is 1. The van der Waals surface area contributed by atoms with Gasteiger partial charge in [-0.1, -0.05) is 12.2 Å². The van der Waals surface area contributed by atoms with Crippen LogP contribution in [0.1, 0.15) is 19.3 Å². The topological polar surface area (TPSA) is 101 Å². The summed E-state index contributed by atoms with van der Waals surface area (Å²) in [4.78, 5) is 23.2. The van der Waals surface area contributed by atoms with Gasteiger partial charge < -0.3 is 10.4 Å². The number of carbonyl (C=O) groups excluding carboxylic acids is 1. The summed E-state index contributed by atoms with van der Waals surface area (Å²) in [7, 11) is -3.05. The van der Waals surface area contributed by atoms with Crippen LogP contribution in [-0.2, 0) is 19.4 Å². The summed E-state index contributed by atoms with van der Waals surface area (Å²) in [6, 6.07) is -0.377. The van der Waals surface area contributed by atoms with E-state index in [1.54, 1.807) is 12.2 Å². The molecule has 2 aliphatic rings. The fraction of sp³-hybridized carbons (Fsp3) is 0.667. The third-order valence-corrected chi connectivity index (χ3v) is 5.43. The van der Waals surface area contributed by atoms with Crippen molar-refractivity contribution < 1.29 is 23.1 Å². The highest BCUT2D eigenvalue weighted by Crippen LogP contribution is 2.26. The van der Waals surface area contributed by atoms with Crippen LogP contribution in [0.3, 0.4) is 0 Å². The molecule has 2 rings (SSSR count). The number of nitrogens with one attached hydrogen (secondary N) is 1. The number of allylic oxidation sites excluding steroid dienone is 2. The minimum Gasteiger partial charge on any atom is -0.481 e. The van der Waals surface area contributed by atoms with Crippen molar-refractivity contribution in [3.8, 4) is 0 Å². The number of carboxylic acids is 1. The Bertz CT molecular complexity index is 510. The van der Waals surface area contributed by atoms with Crippen molar-refractivity contribution in [1.29, 1.82) is 0 Å². The Labute approximate surface area is 111 Å². The SMILES string of the molecule is O=C(O)[C@@H]1CC=CC[C@H]1C(=O)N[C@@H]1CCS(=O)(=O)C1. The quantitative estimate of drug-likeness (QED) is 0.709. The van der Waals surface area contributed by atoms with Gasteiger partial charge in [0.1, 0.15) is 0 Å². The molecular weight excluding hydrogens is 270 g/mol. The Morgan fingerprint density at radius 3 is 2.32 bits per heavy atom. The maximum atomic E-state index is 12.1. The minimum atomic E-state index is -3.05. The molecule has 6 nitrogen and oxygen atoms in total. The van der Waals surface area contributed by atoms with Gasteiger partial charge in [0, 0.05) is 6.04 Å². The van der Waals surface area contributed by atoms with Crippen molar-refractivity contribution in [3.05, 3.63) is 12.2 Å².